The van der Waals surface area contributed by atoms with Crippen LogP contribution >= 0.6 is 0 Å². The zero-order chi connectivity index (χ0) is 19.5. The van der Waals surface area contributed by atoms with Crippen molar-refractivity contribution in [3.8, 4) is 16.8 Å². The first-order chi connectivity index (χ1) is 13.6. The van der Waals surface area contributed by atoms with Gasteiger partial charge in [0, 0.05) is 18.1 Å². The van der Waals surface area contributed by atoms with Gasteiger partial charge in [-0.3, -0.25) is 4.79 Å². The molecule has 0 radical (unpaired) electrons. The van der Waals surface area contributed by atoms with Gasteiger partial charge in [-0.2, -0.15) is 0 Å². The summed E-state index contributed by atoms with van der Waals surface area (Å²) in [6, 6.07) is 17.6. The zero-order valence-electron chi connectivity index (χ0n) is 14.6. The molecule has 6 heteroatoms. The van der Waals surface area contributed by atoms with E-state index in [9.17, 15) is 13.6 Å². The van der Waals surface area contributed by atoms with Crippen molar-refractivity contribution in [1.82, 2.24) is 9.55 Å². The van der Waals surface area contributed by atoms with Gasteiger partial charge in [-0.15, -0.1) is 0 Å². The number of hydrogen-bond donors (Lipinski definition) is 1. The molecule has 138 valence electrons. The Bertz CT molecular complexity index is 1130. The summed E-state index contributed by atoms with van der Waals surface area (Å²) in [5.74, 6) is -1.56. The maximum atomic E-state index is 14.4. The molecule has 0 aliphatic heterocycles. The van der Waals surface area contributed by atoms with Gasteiger partial charge in [0.05, 0.1) is 17.6 Å². The number of rotatable bonds is 4. The molecule has 0 atom stereocenters. The summed E-state index contributed by atoms with van der Waals surface area (Å²) in [5, 5.41) is 2.64. The van der Waals surface area contributed by atoms with Crippen LogP contribution < -0.4 is 5.32 Å². The summed E-state index contributed by atoms with van der Waals surface area (Å²) in [7, 11) is 0. The lowest BCUT2D eigenvalue weighted by Crippen LogP contribution is -2.14. The SMILES string of the molecule is O=C(Nc1ccc(-n2ccnc2)c(F)c1)c1cc(F)ccc1-c1ccccc1. The van der Waals surface area contributed by atoms with E-state index in [2.05, 4.69) is 10.3 Å². The first-order valence-corrected chi connectivity index (χ1v) is 8.56. The molecule has 1 aromatic heterocycles. The van der Waals surface area contributed by atoms with Crippen molar-refractivity contribution >= 4 is 11.6 Å². The quantitative estimate of drug-likeness (QED) is 0.541. The minimum Gasteiger partial charge on any atom is -0.322 e. The molecule has 0 fully saturated rings. The molecule has 4 rings (SSSR count). The summed E-state index contributed by atoms with van der Waals surface area (Å²) in [4.78, 5) is 16.7. The normalized spacial score (nSPS) is 10.6. The largest absolute Gasteiger partial charge is 0.322 e. The summed E-state index contributed by atoms with van der Waals surface area (Å²) in [6.45, 7) is 0. The molecule has 0 saturated carbocycles. The predicted molar refractivity (Wildman–Crippen MR) is 103 cm³/mol. The Hall–Kier alpha value is -3.80. The topological polar surface area (TPSA) is 46.9 Å². The fourth-order valence-corrected chi connectivity index (χ4v) is 2.97. The number of hydrogen-bond acceptors (Lipinski definition) is 2. The van der Waals surface area contributed by atoms with E-state index in [1.54, 1.807) is 24.5 Å². The summed E-state index contributed by atoms with van der Waals surface area (Å²) in [5.41, 5.74) is 2.13. The first-order valence-electron chi connectivity index (χ1n) is 8.56. The highest BCUT2D eigenvalue weighted by molar-refractivity contribution is 6.08. The second-order valence-electron chi connectivity index (χ2n) is 6.15. The number of imidazole rings is 1. The van der Waals surface area contributed by atoms with Crippen LogP contribution in [0.4, 0.5) is 14.5 Å². The first kappa shape index (κ1) is 17.6. The van der Waals surface area contributed by atoms with E-state index in [1.807, 2.05) is 30.3 Å². The van der Waals surface area contributed by atoms with Crippen LogP contribution in [0, 0.1) is 11.6 Å². The lowest BCUT2D eigenvalue weighted by atomic mass is 9.99. The number of benzene rings is 3. The van der Waals surface area contributed by atoms with Crippen molar-refractivity contribution in [2.75, 3.05) is 5.32 Å². The molecule has 1 N–H and O–H groups in total. The average Bonchev–Trinajstić information content (AvgIpc) is 3.23. The molecule has 3 aromatic carbocycles. The molecule has 4 nitrogen and oxygen atoms in total. The number of nitrogens with one attached hydrogen (secondary N) is 1. The molecule has 1 amide bonds. The Morgan fingerprint density at radius 3 is 2.50 bits per heavy atom. The van der Waals surface area contributed by atoms with Gasteiger partial charge in [0.25, 0.3) is 5.91 Å². The Morgan fingerprint density at radius 2 is 1.79 bits per heavy atom. The van der Waals surface area contributed by atoms with Crippen molar-refractivity contribution < 1.29 is 13.6 Å². The molecule has 0 spiro atoms. The molecule has 28 heavy (non-hydrogen) atoms. The molecular weight excluding hydrogens is 360 g/mol. The minimum absolute atomic E-state index is 0.172. The number of amides is 1. The van der Waals surface area contributed by atoms with Gasteiger partial charge >= 0.3 is 0 Å². The van der Waals surface area contributed by atoms with E-state index < -0.39 is 17.5 Å². The van der Waals surface area contributed by atoms with E-state index in [0.29, 0.717) is 11.3 Å². The maximum absolute atomic E-state index is 14.4. The third-order valence-corrected chi connectivity index (χ3v) is 4.30. The Morgan fingerprint density at radius 1 is 0.964 bits per heavy atom. The molecule has 4 aromatic rings. The minimum atomic E-state index is -0.522. The third-order valence-electron chi connectivity index (χ3n) is 4.30. The zero-order valence-corrected chi connectivity index (χ0v) is 14.6. The Balaban J connectivity index is 1.64. The van der Waals surface area contributed by atoms with E-state index in [-0.39, 0.29) is 11.3 Å². The predicted octanol–water partition coefficient (Wildman–Crippen LogP) is 5.07. The fourth-order valence-electron chi connectivity index (χ4n) is 2.97. The van der Waals surface area contributed by atoms with Crippen LogP contribution in [0.2, 0.25) is 0 Å². The second kappa shape index (κ2) is 7.44. The van der Waals surface area contributed by atoms with Gasteiger partial charge in [0.2, 0.25) is 0 Å². The number of nitrogens with zero attached hydrogens (tertiary/aromatic N) is 2. The highest BCUT2D eigenvalue weighted by Crippen LogP contribution is 2.26. The Labute approximate surface area is 160 Å². The molecule has 0 aliphatic carbocycles. The summed E-state index contributed by atoms with van der Waals surface area (Å²) >= 11 is 0. The smallest absolute Gasteiger partial charge is 0.256 e. The highest BCUT2D eigenvalue weighted by Gasteiger charge is 2.15. The van der Waals surface area contributed by atoms with Gasteiger partial charge in [-0.25, -0.2) is 13.8 Å². The van der Waals surface area contributed by atoms with Crippen LogP contribution in [-0.4, -0.2) is 15.5 Å². The number of carbonyl (C=O) groups excluding carboxylic acids is 1. The van der Waals surface area contributed by atoms with Gasteiger partial charge in [-0.1, -0.05) is 36.4 Å². The van der Waals surface area contributed by atoms with Crippen LogP contribution in [-0.2, 0) is 0 Å². The van der Waals surface area contributed by atoms with Gasteiger partial charge in [-0.05, 0) is 41.5 Å². The van der Waals surface area contributed by atoms with Crippen LogP contribution in [0.3, 0.4) is 0 Å². The van der Waals surface area contributed by atoms with Crippen LogP contribution in [0.1, 0.15) is 10.4 Å². The van der Waals surface area contributed by atoms with E-state index in [1.165, 1.54) is 35.2 Å². The number of anilines is 1. The second-order valence-corrected chi connectivity index (χ2v) is 6.15. The molecule has 0 aliphatic rings. The molecule has 0 bridgehead atoms. The van der Waals surface area contributed by atoms with E-state index in [4.69, 9.17) is 0 Å². The molecule has 0 unspecified atom stereocenters. The van der Waals surface area contributed by atoms with Gasteiger partial charge < -0.3 is 9.88 Å². The summed E-state index contributed by atoms with van der Waals surface area (Å²) in [6.07, 6.45) is 4.65. The lowest BCUT2D eigenvalue weighted by molar-refractivity contribution is 0.102. The van der Waals surface area contributed by atoms with E-state index >= 15 is 0 Å². The highest BCUT2D eigenvalue weighted by atomic mass is 19.1. The number of aromatic nitrogens is 2. The van der Waals surface area contributed by atoms with Crippen LogP contribution in [0.5, 0.6) is 0 Å². The van der Waals surface area contributed by atoms with Crippen molar-refractivity contribution in [3.63, 3.8) is 0 Å². The fraction of sp³-hybridized carbons (Fsp3) is 0. The standard InChI is InChI=1S/C22H15F2N3O/c23-16-6-8-18(15-4-2-1-3-5-15)19(12-16)22(28)26-17-7-9-21(20(24)13-17)27-11-10-25-14-27/h1-14H,(H,26,28). The van der Waals surface area contributed by atoms with Crippen LogP contribution in [0.15, 0.2) is 85.5 Å². The number of carbonyl (C=O) groups is 1. The monoisotopic (exact) mass is 375 g/mol. The lowest BCUT2D eigenvalue weighted by Gasteiger charge is -2.12. The van der Waals surface area contributed by atoms with E-state index in [0.717, 1.165) is 5.56 Å². The van der Waals surface area contributed by atoms with Crippen molar-refractivity contribution in [2.24, 2.45) is 0 Å². The van der Waals surface area contributed by atoms with Gasteiger partial charge in [0.15, 0.2) is 0 Å². The van der Waals surface area contributed by atoms with Crippen LogP contribution in [0.25, 0.3) is 16.8 Å². The third kappa shape index (κ3) is 3.53. The van der Waals surface area contributed by atoms with Crippen molar-refractivity contribution in [2.45, 2.75) is 0 Å². The number of halogens is 2. The summed E-state index contributed by atoms with van der Waals surface area (Å²) < 4.78 is 29.7. The molecule has 1 heterocycles. The molecule has 0 saturated heterocycles. The van der Waals surface area contributed by atoms with Crippen molar-refractivity contribution in [1.29, 1.82) is 0 Å². The average molecular weight is 375 g/mol. The molecular formula is C22H15F2N3O. The van der Waals surface area contributed by atoms with Crippen molar-refractivity contribution in [3.05, 3.63) is 103 Å². The van der Waals surface area contributed by atoms with Gasteiger partial charge in [0.1, 0.15) is 11.6 Å². The maximum Gasteiger partial charge on any atom is 0.256 e. The Kier molecular flexibility index (Phi) is 4.68.